The van der Waals surface area contributed by atoms with Gasteiger partial charge in [0, 0.05) is 114 Å². The topological polar surface area (TPSA) is 200 Å². The number of piperidine rings is 1. The Kier molecular flexibility index (Phi) is 13.8. The van der Waals surface area contributed by atoms with Gasteiger partial charge in [-0.2, -0.15) is 0 Å². The average Bonchev–Trinajstić information content (AvgIpc) is 3.80. The summed E-state index contributed by atoms with van der Waals surface area (Å²) in [6.45, 7) is 24.1. The van der Waals surface area contributed by atoms with Crippen LogP contribution in [-0.4, -0.2) is 132 Å². The van der Waals surface area contributed by atoms with Gasteiger partial charge < -0.3 is 58.5 Å². The van der Waals surface area contributed by atoms with Crippen LogP contribution in [0.5, 0.6) is 17.2 Å². The number of hydrogen-bond donors (Lipinski definition) is 3. The molecule has 5 fully saturated rings. The summed E-state index contributed by atoms with van der Waals surface area (Å²) in [4.78, 5) is 57.4. The molecule has 5 saturated heterocycles. The molecule has 8 bridgehead atoms. The van der Waals surface area contributed by atoms with Crippen molar-refractivity contribution < 1.29 is 57.8 Å². The number of Topliss-reactive ketones (excluding diaryl/α,β-unsaturated/α-hetero) is 1. The summed E-state index contributed by atoms with van der Waals surface area (Å²) in [5.41, 5.74) is -0.348. The summed E-state index contributed by atoms with van der Waals surface area (Å²) < 4.78 is 44.8. The van der Waals surface area contributed by atoms with Crippen molar-refractivity contribution in [1.29, 1.82) is 0 Å². The second-order valence-corrected chi connectivity index (χ2v) is 22.2. The fourth-order valence-corrected chi connectivity index (χ4v) is 12.7. The van der Waals surface area contributed by atoms with Crippen LogP contribution in [0.25, 0.3) is 10.8 Å². The third-order valence-electron chi connectivity index (χ3n) is 16.7. The maximum Gasteiger partial charge on any atom is 0.410 e. The van der Waals surface area contributed by atoms with E-state index in [1.165, 1.54) is 13.2 Å². The molecule has 10 atom stereocenters. The normalized spacial score (nSPS) is 35.5. The molecular formula is C54H75N5O12. The number of hydrogen-bond acceptors (Lipinski definition) is 15. The number of rotatable bonds is 4. The van der Waals surface area contributed by atoms with Gasteiger partial charge >= 0.3 is 11.9 Å². The second-order valence-electron chi connectivity index (χ2n) is 22.2. The van der Waals surface area contributed by atoms with Crippen LogP contribution in [0.4, 0.5) is 10.5 Å². The van der Waals surface area contributed by atoms with E-state index < -0.39 is 64.5 Å². The second kappa shape index (κ2) is 19.2. The standard InChI is InChI=1S/C54H75N5O12/c1-29(2)27-58-22-18-53(19-23-58)56-40-37-38-43(60)33(6)47-39(37)48(62)52(10,70-47)67-26-17-36(65-11)32(5)45(68-50(64)59-20-13-24-66-25-14-21-59)34(7)46-35(8)54(28-51(9,69-46)71-54)31(4)16-12-15-30(3)49(63)55-42(44(38)61)41(40)57-53/h15,17,26,29,31-32,34-36,45-46,56,60-61H,12-14,16,18-25,27-28H2,1-11H3/b26-17+,30-15-,55-42?/t31-,32+,34-,35-,36-,45+,46-,51?,52-,54?/m0/s1. The highest BCUT2D eigenvalue weighted by Crippen LogP contribution is 2.60. The molecule has 0 saturated carbocycles. The largest absolute Gasteiger partial charge is 0.507 e. The molecule has 388 valence electrons. The van der Waals surface area contributed by atoms with E-state index in [0.717, 1.165) is 19.6 Å². The van der Waals surface area contributed by atoms with Gasteiger partial charge in [-0.1, -0.05) is 47.6 Å². The number of ether oxygens (including phenoxy) is 7. The lowest BCUT2D eigenvalue weighted by atomic mass is 9.62. The van der Waals surface area contributed by atoms with Gasteiger partial charge in [-0.05, 0) is 64.4 Å². The predicted octanol–water partition coefficient (Wildman–Crippen LogP) is 7.21. The number of nitrogens with one attached hydrogen (secondary N) is 1. The van der Waals surface area contributed by atoms with Gasteiger partial charge in [0.2, 0.25) is 0 Å². The lowest BCUT2D eigenvalue weighted by Crippen LogP contribution is -2.74. The van der Waals surface area contributed by atoms with Crippen molar-refractivity contribution in [2.45, 2.75) is 155 Å². The molecule has 9 heterocycles. The van der Waals surface area contributed by atoms with E-state index in [9.17, 15) is 19.8 Å². The summed E-state index contributed by atoms with van der Waals surface area (Å²) >= 11 is 0. The molecule has 2 aromatic carbocycles. The molecule has 0 aromatic heterocycles. The molecule has 2 amide bonds. The SMILES string of the molecule is CO[C@H]1/C=C/O[C@@]2(C)Oc3c(C)c(O)c4c(O)c(c5c(c4c3C2=O)NC2(CCN(CC(C)C)CC2)N=5)=NC(=O)/C(C)=C\CC[C@H](C)C23CC(C)(O[C@@H]([C@@H](C)[C@H](OC(=O)N4CCCOCCC4)[C@@H]1C)[C@@H]2C)O3. The number of likely N-dealkylation sites (tertiary alicyclic amines) is 1. The zero-order valence-electron chi connectivity index (χ0n) is 43.5. The lowest BCUT2D eigenvalue weighted by Gasteiger charge is -2.67. The zero-order chi connectivity index (χ0) is 50.9. The van der Waals surface area contributed by atoms with E-state index in [0.29, 0.717) is 88.4 Å². The van der Waals surface area contributed by atoms with Crippen LogP contribution in [0.1, 0.15) is 123 Å². The minimum absolute atomic E-state index is 0.0409. The fraction of sp³-hybridized carbons (Fsp3) is 0.685. The number of fused-ring (bicyclic) bond motifs is 10. The number of ketones is 1. The van der Waals surface area contributed by atoms with E-state index in [4.69, 9.17) is 38.2 Å². The highest BCUT2D eigenvalue weighted by Gasteiger charge is 2.67. The quantitative estimate of drug-likeness (QED) is 0.260. The molecule has 11 rings (SSSR count). The van der Waals surface area contributed by atoms with Crippen LogP contribution in [0.3, 0.4) is 0 Å². The monoisotopic (exact) mass is 986 g/mol. The van der Waals surface area contributed by atoms with E-state index in [-0.39, 0.29) is 68.0 Å². The van der Waals surface area contributed by atoms with Crippen LogP contribution in [-0.2, 0) is 33.2 Å². The molecule has 0 radical (unpaired) electrons. The first-order valence-electron chi connectivity index (χ1n) is 25.9. The van der Waals surface area contributed by atoms with E-state index in [2.05, 4.69) is 49.8 Å². The van der Waals surface area contributed by atoms with Gasteiger partial charge in [0.15, 0.2) is 11.5 Å². The van der Waals surface area contributed by atoms with E-state index >= 15 is 4.79 Å². The number of carbonyl (C=O) groups is 3. The number of phenolic OH excluding ortho intramolecular Hbond substituents is 2. The molecule has 2 aromatic rings. The molecule has 2 spiro atoms. The van der Waals surface area contributed by atoms with Crippen LogP contribution >= 0.6 is 0 Å². The molecule has 17 heteroatoms. The average molecular weight is 986 g/mol. The lowest BCUT2D eigenvalue weighted by molar-refractivity contribution is -0.467. The molecular weight excluding hydrogens is 911 g/mol. The van der Waals surface area contributed by atoms with Crippen molar-refractivity contribution in [3.8, 4) is 17.2 Å². The number of phenols is 2. The van der Waals surface area contributed by atoms with Crippen LogP contribution in [0.2, 0.25) is 0 Å². The van der Waals surface area contributed by atoms with Gasteiger partial charge in [-0.25, -0.2) is 9.79 Å². The number of allylic oxidation sites excluding steroid dienone is 1. The first kappa shape index (κ1) is 51.1. The van der Waals surface area contributed by atoms with Crippen molar-refractivity contribution >= 4 is 34.2 Å². The van der Waals surface area contributed by atoms with Gasteiger partial charge in [0.25, 0.3) is 11.7 Å². The minimum Gasteiger partial charge on any atom is -0.507 e. The summed E-state index contributed by atoms with van der Waals surface area (Å²) in [6.07, 6.45) is 7.25. The Labute approximate surface area is 416 Å². The summed E-state index contributed by atoms with van der Waals surface area (Å²) in [5.74, 6) is -5.01. The molecule has 0 aliphatic carbocycles. The van der Waals surface area contributed by atoms with Gasteiger partial charge in [-0.15, -0.1) is 0 Å². The van der Waals surface area contributed by atoms with Crippen LogP contribution in [0, 0.1) is 36.5 Å². The third kappa shape index (κ3) is 8.99. The number of benzene rings is 2. The number of nitrogens with zero attached hydrogens (tertiary/aromatic N) is 4. The van der Waals surface area contributed by atoms with Crippen LogP contribution in [0.15, 0.2) is 34.0 Å². The summed E-state index contributed by atoms with van der Waals surface area (Å²) in [7, 11) is 1.58. The predicted molar refractivity (Wildman–Crippen MR) is 264 cm³/mol. The molecule has 2 unspecified atom stereocenters. The van der Waals surface area contributed by atoms with E-state index in [1.54, 1.807) is 31.9 Å². The Balaban J connectivity index is 1.15. The van der Waals surface area contributed by atoms with Crippen molar-refractivity contribution in [2.75, 3.05) is 58.4 Å². The van der Waals surface area contributed by atoms with Crippen molar-refractivity contribution in [2.24, 2.45) is 39.6 Å². The molecule has 3 N–H and O–H groups in total. The summed E-state index contributed by atoms with van der Waals surface area (Å²) in [5, 5.41) is 28.3. The highest BCUT2D eigenvalue weighted by molar-refractivity contribution is 6.21. The highest BCUT2D eigenvalue weighted by atomic mass is 16.7. The van der Waals surface area contributed by atoms with E-state index in [1.807, 2.05) is 19.9 Å². The van der Waals surface area contributed by atoms with Gasteiger partial charge in [-0.3, -0.25) is 14.6 Å². The zero-order valence-corrected chi connectivity index (χ0v) is 43.5. The number of aromatic hydroxyl groups is 2. The van der Waals surface area contributed by atoms with Crippen molar-refractivity contribution in [3.05, 3.63) is 45.8 Å². The Morgan fingerprint density at radius 1 is 0.972 bits per heavy atom. The minimum atomic E-state index is -1.93. The first-order valence-corrected chi connectivity index (χ1v) is 25.9. The van der Waals surface area contributed by atoms with Crippen LogP contribution < -0.4 is 20.8 Å². The number of amides is 2. The molecule has 71 heavy (non-hydrogen) atoms. The first-order chi connectivity index (χ1) is 33.6. The Bertz CT molecular complexity index is 2630. The molecule has 9 aliphatic rings. The number of carbonyl (C=O) groups excluding carboxylic acids is 3. The Hall–Kier alpha value is -4.81. The van der Waals surface area contributed by atoms with Crippen molar-refractivity contribution in [1.82, 2.24) is 9.80 Å². The summed E-state index contributed by atoms with van der Waals surface area (Å²) in [6, 6.07) is 0. The fourth-order valence-electron chi connectivity index (χ4n) is 12.7. The maximum absolute atomic E-state index is 15.0. The number of anilines is 1. The molecule has 17 nitrogen and oxygen atoms in total. The van der Waals surface area contributed by atoms with Gasteiger partial charge in [0.1, 0.15) is 34.0 Å². The Morgan fingerprint density at radius 2 is 1.66 bits per heavy atom. The Morgan fingerprint density at radius 3 is 2.32 bits per heavy atom. The van der Waals surface area contributed by atoms with Gasteiger partial charge in [0.05, 0.1) is 40.7 Å². The van der Waals surface area contributed by atoms with Crippen molar-refractivity contribution in [3.63, 3.8) is 0 Å². The smallest absolute Gasteiger partial charge is 0.410 e. The third-order valence-corrected chi connectivity index (χ3v) is 16.7. The molecule has 9 aliphatic heterocycles. The maximum atomic E-state index is 15.0. The number of methoxy groups -OCH3 is 1.